The number of anilines is 2. The van der Waals surface area contributed by atoms with Crippen molar-refractivity contribution in [3.8, 4) is 23.2 Å². The lowest BCUT2D eigenvalue weighted by Gasteiger charge is -2.31. The largest absolute Gasteiger partial charge is 0.461 e. The van der Waals surface area contributed by atoms with Crippen molar-refractivity contribution in [2.45, 2.75) is 75.7 Å². The fraction of sp³-hybridized carbons (Fsp3) is 0.486. The van der Waals surface area contributed by atoms with Crippen LogP contribution < -0.4 is 15.4 Å². The summed E-state index contributed by atoms with van der Waals surface area (Å²) in [5.41, 5.74) is -1.88. The zero-order valence-corrected chi connectivity index (χ0v) is 29.4. The predicted octanol–water partition coefficient (Wildman–Crippen LogP) is 7.54. The molecule has 53 heavy (non-hydrogen) atoms. The highest BCUT2D eigenvalue weighted by Crippen LogP contribution is 2.52. The highest BCUT2D eigenvalue weighted by atomic mass is 32.1. The van der Waals surface area contributed by atoms with E-state index in [-0.39, 0.29) is 48.9 Å². The van der Waals surface area contributed by atoms with Crippen molar-refractivity contribution in [3.63, 3.8) is 0 Å². The number of ether oxygens (including phenoxy) is 1. The number of alkyl halides is 7. The molecule has 4 aromatic rings. The summed E-state index contributed by atoms with van der Waals surface area (Å²) < 4.78 is 127. The molecule has 18 heteroatoms. The minimum Gasteiger partial charge on any atom is -0.461 e. The lowest BCUT2D eigenvalue weighted by Crippen LogP contribution is -2.43. The second-order valence-electron chi connectivity index (χ2n) is 14.0. The van der Waals surface area contributed by atoms with Gasteiger partial charge in [0.05, 0.1) is 32.4 Å². The number of carbonyl (C=O) groups is 1. The third-order valence-electron chi connectivity index (χ3n) is 10.8. The molecule has 3 aliphatic rings. The van der Waals surface area contributed by atoms with Crippen LogP contribution >= 0.6 is 11.3 Å². The molecule has 7 rings (SSSR count). The van der Waals surface area contributed by atoms with E-state index in [1.54, 1.807) is 17.9 Å². The first kappa shape index (κ1) is 36.8. The van der Waals surface area contributed by atoms with Crippen LogP contribution in [0.2, 0.25) is 0 Å². The Balaban J connectivity index is 1.52. The Morgan fingerprint density at radius 2 is 1.92 bits per heavy atom. The number of hydrogen-bond acceptors (Lipinski definition) is 9. The number of halogens is 8. The van der Waals surface area contributed by atoms with E-state index in [2.05, 4.69) is 9.97 Å². The Bertz CT molecular complexity index is 2180. The first-order chi connectivity index (χ1) is 24.8. The summed E-state index contributed by atoms with van der Waals surface area (Å²) in [7, 11) is 1.46. The van der Waals surface area contributed by atoms with Gasteiger partial charge < -0.3 is 20.3 Å². The number of likely N-dealkylation sites (tertiary alicyclic amines) is 1. The molecule has 0 radical (unpaired) electrons. The molecular weight excluding hydrogens is 734 g/mol. The lowest BCUT2D eigenvalue weighted by atomic mass is 9.88. The van der Waals surface area contributed by atoms with Gasteiger partial charge in [0.15, 0.2) is 0 Å². The molecule has 3 aliphatic heterocycles. The number of nitriles is 1. The number of amides is 1. The van der Waals surface area contributed by atoms with E-state index in [0.717, 1.165) is 18.6 Å². The monoisotopic (exact) mass is 767 g/mol. The van der Waals surface area contributed by atoms with Gasteiger partial charge in [0, 0.05) is 61.9 Å². The van der Waals surface area contributed by atoms with Crippen LogP contribution in [0.25, 0.3) is 32.1 Å². The second-order valence-corrected chi connectivity index (χ2v) is 15.1. The van der Waals surface area contributed by atoms with Crippen LogP contribution in [-0.2, 0) is 17.1 Å². The molecule has 3 fully saturated rings. The molecule has 2 N–H and O–H groups in total. The van der Waals surface area contributed by atoms with Crippen LogP contribution in [0.4, 0.5) is 45.9 Å². The SMILES string of the molecule is CC(=O)N1C[C@H](N(C)c2nc(OC[C@@]34CCCN3C[C@H](F)C4)nc3c(C(F)(F)F)c(-c4ccc(F)c5sc(N)c(C#N)c45)c(C(F)(F)F)cc23)C[C@@H]1C. The first-order valence-corrected chi connectivity index (χ1v) is 17.6. The number of likely N-dealkylation sites (N-methyl/N-ethyl adjacent to an activating group) is 1. The molecule has 3 saturated heterocycles. The highest BCUT2D eigenvalue weighted by Gasteiger charge is 2.50. The predicted molar refractivity (Wildman–Crippen MR) is 182 cm³/mol. The summed E-state index contributed by atoms with van der Waals surface area (Å²) in [4.78, 5) is 25.7. The van der Waals surface area contributed by atoms with Gasteiger partial charge in [0.2, 0.25) is 5.91 Å². The van der Waals surface area contributed by atoms with Gasteiger partial charge >= 0.3 is 18.4 Å². The summed E-state index contributed by atoms with van der Waals surface area (Å²) >= 11 is 0.527. The van der Waals surface area contributed by atoms with Crippen LogP contribution in [-0.4, -0.2) is 82.8 Å². The molecule has 2 aromatic carbocycles. The Kier molecular flexibility index (Phi) is 8.91. The van der Waals surface area contributed by atoms with Crippen molar-refractivity contribution in [3.05, 3.63) is 40.7 Å². The van der Waals surface area contributed by atoms with Crippen molar-refractivity contribution in [2.75, 3.05) is 43.9 Å². The van der Waals surface area contributed by atoms with Gasteiger partial charge in [-0.2, -0.15) is 41.6 Å². The van der Waals surface area contributed by atoms with Gasteiger partial charge in [-0.25, -0.2) is 8.78 Å². The van der Waals surface area contributed by atoms with Crippen molar-refractivity contribution in [1.82, 2.24) is 19.8 Å². The minimum atomic E-state index is -5.51. The van der Waals surface area contributed by atoms with E-state index in [1.165, 1.54) is 18.9 Å². The van der Waals surface area contributed by atoms with Crippen LogP contribution in [0.5, 0.6) is 6.01 Å². The number of thiophene rings is 1. The van der Waals surface area contributed by atoms with Crippen molar-refractivity contribution >= 4 is 49.1 Å². The normalized spacial score (nSPS) is 23.6. The van der Waals surface area contributed by atoms with Crippen molar-refractivity contribution in [2.24, 2.45) is 0 Å². The summed E-state index contributed by atoms with van der Waals surface area (Å²) in [5.74, 6) is -1.56. The van der Waals surface area contributed by atoms with Crippen LogP contribution in [0.1, 0.15) is 56.2 Å². The van der Waals surface area contributed by atoms with Crippen molar-refractivity contribution < 1.29 is 44.7 Å². The standard InChI is InChI=1S/C35H33F8N7O2S/c1-16-9-19(14-50(16)17(2)51)48(3)31-21-10-23(34(38,39)40)26(20-5-6-24(37)29-25(20)22(12-44)30(45)53-29)27(35(41,42)43)28(21)46-32(47-31)52-15-33-7-4-8-49(33)13-18(36)11-33/h5-6,10,16,18-19H,4,7-9,11,13-15,45H2,1-3H3/t16-,18+,19+,33-/m0/s1. The molecule has 0 saturated carbocycles. The van der Waals surface area contributed by atoms with Gasteiger partial charge in [-0.05, 0) is 50.4 Å². The van der Waals surface area contributed by atoms with Crippen LogP contribution in [0, 0.1) is 17.1 Å². The zero-order valence-electron chi connectivity index (χ0n) is 28.6. The summed E-state index contributed by atoms with van der Waals surface area (Å²) in [6, 6.07) is 2.28. The molecule has 9 nitrogen and oxygen atoms in total. The van der Waals surface area contributed by atoms with Gasteiger partial charge in [-0.3, -0.25) is 9.69 Å². The van der Waals surface area contributed by atoms with E-state index in [9.17, 15) is 14.4 Å². The first-order valence-electron chi connectivity index (χ1n) is 16.8. The number of nitrogen functional groups attached to an aromatic ring is 1. The number of nitrogens with two attached hydrogens (primary N) is 1. The fourth-order valence-electron chi connectivity index (χ4n) is 8.39. The smallest absolute Gasteiger partial charge is 0.419 e. The third kappa shape index (κ3) is 6.15. The molecule has 0 bridgehead atoms. The molecule has 0 aliphatic carbocycles. The highest BCUT2D eigenvalue weighted by molar-refractivity contribution is 7.23. The Morgan fingerprint density at radius 1 is 1.19 bits per heavy atom. The topological polar surface area (TPSA) is 112 Å². The van der Waals surface area contributed by atoms with Gasteiger partial charge in [0.25, 0.3) is 0 Å². The lowest BCUT2D eigenvalue weighted by molar-refractivity contribution is -0.141. The molecule has 5 heterocycles. The van der Waals surface area contributed by atoms with E-state index < -0.39 is 90.7 Å². The summed E-state index contributed by atoms with van der Waals surface area (Å²) in [6.07, 6.45) is -10.3. The average Bonchev–Trinajstić information content (AvgIpc) is 3.82. The number of rotatable bonds is 6. The molecule has 282 valence electrons. The van der Waals surface area contributed by atoms with Gasteiger partial charge in [-0.15, -0.1) is 11.3 Å². The molecular formula is C35H33F8N7O2S. The van der Waals surface area contributed by atoms with Gasteiger partial charge in [0.1, 0.15) is 35.5 Å². The Morgan fingerprint density at radius 3 is 2.57 bits per heavy atom. The molecule has 2 aromatic heterocycles. The molecule has 1 amide bonds. The number of fused-ring (bicyclic) bond motifs is 3. The number of hydrogen-bond donors (Lipinski definition) is 1. The second kappa shape index (κ2) is 12.8. The minimum absolute atomic E-state index is 0.116. The number of benzene rings is 2. The number of carbonyl (C=O) groups excluding carboxylic acids is 1. The average molecular weight is 768 g/mol. The Hall–Kier alpha value is -4.50. The summed E-state index contributed by atoms with van der Waals surface area (Å²) in [5, 5.41) is 8.46. The van der Waals surface area contributed by atoms with Crippen LogP contribution in [0.3, 0.4) is 0 Å². The van der Waals surface area contributed by atoms with Crippen LogP contribution in [0.15, 0.2) is 18.2 Å². The maximum absolute atomic E-state index is 15.6. The maximum atomic E-state index is 15.6. The zero-order chi connectivity index (χ0) is 38.4. The van der Waals surface area contributed by atoms with E-state index in [1.807, 2.05) is 4.90 Å². The van der Waals surface area contributed by atoms with E-state index in [0.29, 0.717) is 36.8 Å². The quantitative estimate of drug-likeness (QED) is 0.201. The molecule has 4 atom stereocenters. The fourth-order valence-corrected chi connectivity index (χ4v) is 9.34. The molecule has 0 spiro atoms. The number of nitrogens with zero attached hydrogens (tertiary/aromatic N) is 6. The van der Waals surface area contributed by atoms with E-state index in [4.69, 9.17) is 10.5 Å². The van der Waals surface area contributed by atoms with Gasteiger partial charge in [-0.1, -0.05) is 6.07 Å². The summed E-state index contributed by atoms with van der Waals surface area (Å²) in [6.45, 7) is 3.82. The third-order valence-corrected chi connectivity index (χ3v) is 11.8. The van der Waals surface area contributed by atoms with E-state index >= 15 is 30.7 Å². The molecule has 0 unspecified atom stereocenters. The number of aromatic nitrogens is 2. The van der Waals surface area contributed by atoms with Crippen molar-refractivity contribution in [1.29, 1.82) is 5.26 Å². The Labute approximate surface area is 301 Å². The maximum Gasteiger partial charge on any atom is 0.419 e.